The van der Waals surface area contributed by atoms with Crippen molar-refractivity contribution in [3.63, 3.8) is 0 Å². The molecule has 5 heteroatoms. The van der Waals surface area contributed by atoms with Gasteiger partial charge in [-0.25, -0.2) is 0 Å². The Morgan fingerprint density at radius 3 is 2.52 bits per heavy atom. The van der Waals surface area contributed by atoms with Crippen LogP contribution < -0.4 is 11.1 Å². The molecule has 1 saturated heterocycles. The van der Waals surface area contributed by atoms with Gasteiger partial charge < -0.3 is 15.8 Å². The SMILES string of the molecule is CC/C(=C\c1ccccc1)C1CC1NCC1(CN)CCOCC1.Cl.Cl. The third kappa shape index (κ3) is 5.97. The molecule has 2 atom stereocenters. The summed E-state index contributed by atoms with van der Waals surface area (Å²) in [5.74, 6) is 0.704. The van der Waals surface area contributed by atoms with Crippen LogP contribution in [0.1, 0.15) is 38.2 Å². The number of nitrogens with two attached hydrogens (primary N) is 1. The molecule has 2 unspecified atom stereocenters. The molecular weight excluding hydrogens is 355 g/mol. The Labute approximate surface area is 164 Å². The van der Waals surface area contributed by atoms with E-state index in [1.165, 1.54) is 12.0 Å². The van der Waals surface area contributed by atoms with Crippen molar-refractivity contribution in [2.75, 3.05) is 26.3 Å². The summed E-state index contributed by atoms with van der Waals surface area (Å²) in [6, 6.07) is 11.3. The first kappa shape index (κ1) is 22.5. The van der Waals surface area contributed by atoms with Crippen molar-refractivity contribution in [3.05, 3.63) is 41.5 Å². The van der Waals surface area contributed by atoms with Gasteiger partial charge in [0.15, 0.2) is 0 Å². The second kappa shape index (κ2) is 10.5. The van der Waals surface area contributed by atoms with Crippen LogP contribution in [0.3, 0.4) is 0 Å². The van der Waals surface area contributed by atoms with Crippen molar-refractivity contribution < 1.29 is 4.74 Å². The molecule has 1 aromatic carbocycles. The van der Waals surface area contributed by atoms with Crippen LogP contribution in [0.15, 0.2) is 35.9 Å². The molecule has 1 aliphatic heterocycles. The number of halogens is 2. The van der Waals surface area contributed by atoms with E-state index in [9.17, 15) is 0 Å². The van der Waals surface area contributed by atoms with Gasteiger partial charge in [-0.1, -0.05) is 48.9 Å². The van der Waals surface area contributed by atoms with Crippen LogP contribution in [-0.4, -0.2) is 32.3 Å². The number of nitrogens with one attached hydrogen (secondary N) is 1. The van der Waals surface area contributed by atoms with E-state index < -0.39 is 0 Å². The molecule has 3 N–H and O–H groups in total. The normalized spacial score (nSPS) is 24.8. The Kier molecular flexibility index (Phi) is 9.47. The Balaban J connectivity index is 0.00000156. The molecule has 1 heterocycles. The minimum atomic E-state index is 0. The van der Waals surface area contributed by atoms with Crippen LogP contribution in [0.2, 0.25) is 0 Å². The third-order valence-electron chi connectivity index (χ3n) is 5.55. The number of benzene rings is 1. The van der Waals surface area contributed by atoms with Crippen molar-refractivity contribution in [1.29, 1.82) is 0 Å². The highest BCUT2D eigenvalue weighted by atomic mass is 35.5. The van der Waals surface area contributed by atoms with Gasteiger partial charge in [-0.05, 0) is 49.1 Å². The Morgan fingerprint density at radius 1 is 1.24 bits per heavy atom. The summed E-state index contributed by atoms with van der Waals surface area (Å²) in [5.41, 5.74) is 9.20. The number of hydrogen-bond donors (Lipinski definition) is 2. The van der Waals surface area contributed by atoms with E-state index in [4.69, 9.17) is 10.5 Å². The van der Waals surface area contributed by atoms with Gasteiger partial charge in [0.2, 0.25) is 0 Å². The summed E-state index contributed by atoms with van der Waals surface area (Å²) < 4.78 is 5.50. The molecule has 2 aliphatic rings. The highest BCUT2D eigenvalue weighted by Gasteiger charge is 2.41. The van der Waals surface area contributed by atoms with Gasteiger partial charge in [-0.2, -0.15) is 0 Å². The third-order valence-corrected chi connectivity index (χ3v) is 5.55. The standard InChI is InChI=1S/C20H30N2O.2ClH/c1-2-17(12-16-6-4-3-5-7-16)18-13-19(18)22-15-20(14-21)8-10-23-11-9-20;;/h3-7,12,18-19,22H,2,8-11,13-15,21H2,1H3;2*1H/b17-12+;;. The van der Waals surface area contributed by atoms with E-state index in [1.54, 1.807) is 5.57 Å². The highest BCUT2D eigenvalue weighted by Crippen LogP contribution is 2.40. The van der Waals surface area contributed by atoms with Crippen molar-refractivity contribution in [2.45, 2.75) is 38.6 Å². The lowest BCUT2D eigenvalue weighted by atomic mass is 9.80. The lowest BCUT2D eigenvalue weighted by Crippen LogP contribution is -2.45. The van der Waals surface area contributed by atoms with Crippen LogP contribution >= 0.6 is 24.8 Å². The molecule has 0 aromatic heterocycles. The lowest BCUT2D eigenvalue weighted by Gasteiger charge is -2.36. The molecule has 3 rings (SSSR count). The maximum absolute atomic E-state index is 6.06. The van der Waals surface area contributed by atoms with E-state index in [0.29, 0.717) is 12.0 Å². The van der Waals surface area contributed by atoms with E-state index in [-0.39, 0.29) is 30.2 Å². The van der Waals surface area contributed by atoms with Crippen molar-refractivity contribution in [3.8, 4) is 0 Å². The molecule has 0 spiro atoms. The van der Waals surface area contributed by atoms with Gasteiger partial charge >= 0.3 is 0 Å². The molecule has 0 amide bonds. The molecule has 25 heavy (non-hydrogen) atoms. The zero-order valence-corrected chi connectivity index (χ0v) is 16.7. The van der Waals surface area contributed by atoms with E-state index in [2.05, 4.69) is 48.6 Å². The zero-order chi connectivity index (χ0) is 16.1. The predicted octanol–water partition coefficient (Wildman–Crippen LogP) is 4.06. The fraction of sp³-hybridized carbons (Fsp3) is 0.600. The van der Waals surface area contributed by atoms with Crippen LogP contribution in [0.5, 0.6) is 0 Å². The van der Waals surface area contributed by atoms with Gasteiger partial charge in [0.1, 0.15) is 0 Å². The first-order valence-corrected chi connectivity index (χ1v) is 9.03. The van der Waals surface area contributed by atoms with Gasteiger partial charge in [0.25, 0.3) is 0 Å². The van der Waals surface area contributed by atoms with Crippen molar-refractivity contribution in [2.24, 2.45) is 17.1 Å². The number of hydrogen-bond acceptors (Lipinski definition) is 3. The molecule has 0 bridgehead atoms. The Bertz CT molecular complexity index is 530. The maximum atomic E-state index is 6.06. The average Bonchev–Trinajstić information content (AvgIpc) is 3.39. The fourth-order valence-corrected chi connectivity index (χ4v) is 3.67. The lowest BCUT2D eigenvalue weighted by molar-refractivity contribution is 0.0190. The van der Waals surface area contributed by atoms with Gasteiger partial charge in [-0.15, -0.1) is 24.8 Å². The predicted molar refractivity (Wildman–Crippen MR) is 111 cm³/mol. The van der Waals surface area contributed by atoms with Crippen molar-refractivity contribution >= 4 is 30.9 Å². The second-order valence-corrected chi connectivity index (χ2v) is 7.13. The first-order valence-electron chi connectivity index (χ1n) is 9.03. The molecular formula is C20H32Cl2N2O. The summed E-state index contributed by atoms with van der Waals surface area (Å²) in [4.78, 5) is 0. The largest absolute Gasteiger partial charge is 0.381 e. The van der Waals surface area contributed by atoms with E-state index >= 15 is 0 Å². The second-order valence-electron chi connectivity index (χ2n) is 7.13. The molecule has 1 saturated carbocycles. The molecule has 1 aliphatic carbocycles. The van der Waals surface area contributed by atoms with Gasteiger partial charge in [0.05, 0.1) is 0 Å². The summed E-state index contributed by atoms with van der Waals surface area (Å²) in [5, 5.41) is 3.79. The Hall–Kier alpha value is -0.580. The van der Waals surface area contributed by atoms with Gasteiger partial charge in [-0.3, -0.25) is 0 Å². The Morgan fingerprint density at radius 2 is 1.92 bits per heavy atom. The summed E-state index contributed by atoms with van der Waals surface area (Å²) in [7, 11) is 0. The maximum Gasteiger partial charge on any atom is 0.0472 e. The number of rotatable bonds is 7. The monoisotopic (exact) mass is 386 g/mol. The van der Waals surface area contributed by atoms with Gasteiger partial charge in [0, 0.05) is 25.8 Å². The van der Waals surface area contributed by atoms with E-state index in [1.807, 2.05) is 0 Å². The van der Waals surface area contributed by atoms with E-state index in [0.717, 1.165) is 45.6 Å². The van der Waals surface area contributed by atoms with Crippen molar-refractivity contribution in [1.82, 2.24) is 5.32 Å². The number of ether oxygens (including phenoxy) is 1. The molecule has 3 nitrogen and oxygen atoms in total. The molecule has 0 radical (unpaired) electrons. The molecule has 2 fully saturated rings. The average molecular weight is 387 g/mol. The molecule has 142 valence electrons. The minimum Gasteiger partial charge on any atom is -0.381 e. The zero-order valence-electron chi connectivity index (χ0n) is 15.1. The quantitative estimate of drug-likeness (QED) is 0.742. The smallest absolute Gasteiger partial charge is 0.0472 e. The minimum absolute atomic E-state index is 0. The molecule has 1 aromatic rings. The first-order chi connectivity index (χ1) is 11.3. The summed E-state index contributed by atoms with van der Waals surface area (Å²) in [6.07, 6.45) is 6.96. The topological polar surface area (TPSA) is 47.3 Å². The highest BCUT2D eigenvalue weighted by molar-refractivity contribution is 5.85. The van der Waals surface area contributed by atoms with Crippen LogP contribution in [0, 0.1) is 11.3 Å². The van der Waals surface area contributed by atoms with Crippen LogP contribution in [-0.2, 0) is 4.74 Å². The summed E-state index contributed by atoms with van der Waals surface area (Å²) >= 11 is 0. The van der Waals surface area contributed by atoms with Crippen LogP contribution in [0.4, 0.5) is 0 Å². The summed E-state index contributed by atoms with van der Waals surface area (Å²) in [6.45, 7) is 5.80. The fourth-order valence-electron chi connectivity index (χ4n) is 3.67. The van der Waals surface area contributed by atoms with Crippen LogP contribution in [0.25, 0.3) is 6.08 Å².